The predicted molar refractivity (Wildman–Crippen MR) is 116 cm³/mol. The smallest absolute Gasteiger partial charge is 0.229 e. The van der Waals surface area contributed by atoms with Crippen LogP contribution in [-0.2, 0) is 4.79 Å². The number of thiol groups is 1. The van der Waals surface area contributed by atoms with Gasteiger partial charge in [0, 0.05) is 28.5 Å². The molecule has 3 aromatic carbocycles. The van der Waals surface area contributed by atoms with Crippen molar-refractivity contribution < 1.29 is 14.3 Å². The summed E-state index contributed by atoms with van der Waals surface area (Å²) in [7, 11) is 0. The van der Waals surface area contributed by atoms with Crippen LogP contribution in [0.4, 0.5) is 5.88 Å². The van der Waals surface area contributed by atoms with Crippen LogP contribution >= 0.6 is 12.6 Å². The molecule has 6 heteroatoms. The second-order valence-electron chi connectivity index (χ2n) is 6.46. The monoisotopic (exact) mass is 402 g/mol. The lowest BCUT2D eigenvalue weighted by atomic mass is 9.99. The fourth-order valence-electron chi connectivity index (χ4n) is 3.14. The minimum Gasteiger partial charge on any atom is -0.507 e. The highest BCUT2D eigenvalue weighted by Gasteiger charge is 2.21. The standard InChI is InChI=1S/C23H18N2O3S/c1-14(26)24-23-21(18-11-5-7-13-20(18)29)25-22(28-23)17-10-3-2-8-15(17)16-9-4-6-12-19(16)27/h2-13,27,29H,1H3,(H,24,26). The average Bonchev–Trinajstić information content (AvgIpc) is 3.11. The molecule has 0 spiro atoms. The lowest BCUT2D eigenvalue weighted by Crippen LogP contribution is -2.05. The number of carbonyl (C=O) groups excluding carboxylic acids is 1. The van der Waals surface area contributed by atoms with Crippen molar-refractivity contribution >= 4 is 24.4 Å². The van der Waals surface area contributed by atoms with Gasteiger partial charge in [0.15, 0.2) is 0 Å². The summed E-state index contributed by atoms with van der Waals surface area (Å²) in [4.78, 5) is 17.1. The molecule has 0 bridgehead atoms. The topological polar surface area (TPSA) is 75.4 Å². The molecular formula is C23H18N2O3S. The van der Waals surface area contributed by atoms with Crippen molar-refractivity contribution in [2.45, 2.75) is 11.8 Å². The molecule has 0 saturated carbocycles. The number of anilines is 1. The fraction of sp³-hybridized carbons (Fsp3) is 0.0435. The number of phenolic OH excluding ortho intramolecular Hbond substituents is 1. The van der Waals surface area contributed by atoms with Gasteiger partial charge in [0.05, 0.1) is 0 Å². The number of hydrogen-bond donors (Lipinski definition) is 3. The number of oxazole rings is 1. The summed E-state index contributed by atoms with van der Waals surface area (Å²) in [6.07, 6.45) is 0. The number of amides is 1. The highest BCUT2D eigenvalue weighted by Crippen LogP contribution is 2.40. The molecule has 4 aromatic rings. The summed E-state index contributed by atoms with van der Waals surface area (Å²) in [6, 6.07) is 22.0. The lowest BCUT2D eigenvalue weighted by molar-refractivity contribution is -0.114. The van der Waals surface area contributed by atoms with Gasteiger partial charge in [-0.05, 0) is 23.8 Å². The number of benzene rings is 3. The molecule has 0 atom stereocenters. The number of nitrogens with zero attached hydrogens (tertiary/aromatic N) is 1. The zero-order valence-corrected chi connectivity index (χ0v) is 16.5. The van der Waals surface area contributed by atoms with Crippen molar-refractivity contribution in [1.29, 1.82) is 0 Å². The normalized spacial score (nSPS) is 10.7. The van der Waals surface area contributed by atoms with Crippen LogP contribution in [0.3, 0.4) is 0 Å². The Morgan fingerprint density at radius 1 is 0.897 bits per heavy atom. The summed E-state index contributed by atoms with van der Waals surface area (Å²) in [5.74, 6) is 0.481. The summed E-state index contributed by atoms with van der Waals surface area (Å²) in [5.41, 5.74) is 3.37. The Balaban J connectivity index is 1.91. The van der Waals surface area contributed by atoms with Crippen molar-refractivity contribution in [1.82, 2.24) is 4.98 Å². The van der Waals surface area contributed by atoms with E-state index in [9.17, 15) is 9.90 Å². The van der Waals surface area contributed by atoms with Crippen LogP contribution in [0.25, 0.3) is 33.8 Å². The van der Waals surface area contributed by atoms with Gasteiger partial charge in [0.25, 0.3) is 0 Å². The van der Waals surface area contributed by atoms with Crippen LogP contribution < -0.4 is 5.32 Å². The third-order valence-corrected chi connectivity index (χ3v) is 4.82. The molecule has 144 valence electrons. The van der Waals surface area contributed by atoms with Gasteiger partial charge in [0.1, 0.15) is 11.4 Å². The second-order valence-corrected chi connectivity index (χ2v) is 6.94. The number of phenols is 1. The van der Waals surface area contributed by atoms with E-state index in [2.05, 4.69) is 22.9 Å². The minimum atomic E-state index is -0.264. The maximum Gasteiger partial charge on any atom is 0.229 e. The Labute approximate surface area is 173 Å². The maximum absolute atomic E-state index is 11.7. The summed E-state index contributed by atoms with van der Waals surface area (Å²) in [5, 5.41) is 13.0. The molecule has 0 saturated heterocycles. The molecule has 2 N–H and O–H groups in total. The largest absolute Gasteiger partial charge is 0.507 e. The summed E-state index contributed by atoms with van der Waals surface area (Å²) >= 11 is 4.51. The minimum absolute atomic E-state index is 0.162. The van der Waals surface area contributed by atoms with Crippen molar-refractivity contribution in [3.63, 3.8) is 0 Å². The third-order valence-electron chi connectivity index (χ3n) is 4.43. The van der Waals surface area contributed by atoms with Crippen molar-refractivity contribution in [2.24, 2.45) is 0 Å². The van der Waals surface area contributed by atoms with Crippen molar-refractivity contribution in [3.8, 4) is 39.6 Å². The molecule has 29 heavy (non-hydrogen) atoms. The molecule has 1 aromatic heterocycles. The number of aromatic nitrogens is 1. The molecular weight excluding hydrogens is 384 g/mol. The molecule has 1 amide bonds. The summed E-state index contributed by atoms with van der Waals surface area (Å²) in [6.45, 7) is 1.41. The molecule has 4 rings (SSSR count). The van der Waals surface area contributed by atoms with E-state index in [4.69, 9.17) is 4.42 Å². The predicted octanol–water partition coefficient (Wildman–Crippen LogP) is 5.63. The quantitative estimate of drug-likeness (QED) is 0.387. The molecule has 0 unspecified atom stereocenters. The van der Waals surface area contributed by atoms with Crippen LogP contribution in [0.1, 0.15) is 6.92 Å². The van der Waals surface area contributed by atoms with Gasteiger partial charge < -0.3 is 9.52 Å². The van der Waals surface area contributed by atoms with Crippen molar-refractivity contribution in [3.05, 3.63) is 72.8 Å². The van der Waals surface area contributed by atoms with E-state index in [1.54, 1.807) is 12.1 Å². The first-order valence-corrected chi connectivity index (χ1v) is 9.44. The van der Waals surface area contributed by atoms with Crippen LogP contribution in [0.2, 0.25) is 0 Å². The van der Waals surface area contributed by atoms with Crippen LogP contribution in [0, 0.1) is 0 Å². The number of nitrogens with one attached hydrogen (secondary N) is 1. The molecule has 0 radical (unpaired) electrons. The van der Waals surface area contributed by atoms with E-state index in [-0.39, 0.29) is 17.5 Å². The van der Waals surface area contributed by atoms with E-state index in [0.29, 0.717) is 27.6 Å². The fourth-order valence-corrected chi connectivity index (χ4v) is 3.41. The third kappa shape index (κ3) is 3.75. The number of rotatable bonds is 4. The van der Waals surface area contributed by atoms with E-state index in [0.717, 1.165) is 11.1 Å². The highest BCUT2D eigenvalue weighted by molar-refractivity contribution is 7.80. The van der Waals surface area contributed by atoms with Crippen LogP contribution in [0.5, 0.6) is 5.75 Å². The Hall–Kier alpha value is -3.51. The SMILES string of the molecule is CC(=O)Nc1oc(-c2ccccc2-c2ccccc2O)nc1-c1ccccc1S. The van der Waals surface area contributed by atoms with Gasteiger partial charge in [-0.15, -0.1) is 12.6 Å². The first-order chi connectivity index (χ1) is 14.0. The van der Waals surface area contributed by atoms with E-state index < -0.39 is 0 Å². The molecule has 1 heterocycles. The first kappa shape index (κ1) is 18.8. The number of aromatic hydroxyl groups is 1. The molecule has 5 nitrogen and oxygen atoms in total. The van der Waals surface area contributed by atoms with E-state index in [1.165, 1.54) is 6.92 Å². The Kier molecular flexibility index (Phi) is 5.10. The Bertz CT molecular complexity index is 1200. The second kappa shape index (κ2) is 7.85. The molecule has 0 aliphatic carbocycles. The average molecular weight is 402 g/mol. The highest BCUT2D eigenvalue weighted by atomic mass is 32.1. The zero-order valence-electron chi connectivity index (χ0n) is 15.6. The zero-order chi connectivity index (χ0) is 20.4. The van der Waals surface area contributed by atoms with Crippen LogP contribution in [0.15, 0.2) is 82.1 Å². The Morgan fingerprint density at radius 2 is 1.48 bits per heavy atom. The number of para-hydroxylation sites is 1. The lowest BCUT2D eigenvalue weighted by Gasteiger charge is -2.08. The molecule has 0 aliphatic rings. The number of hydrogen-bond acceptors (Lipinski definition) is 5. The van der Waals surface area contributed by atoms with Gasteiger partial charge in [-0.2, -0.15) is 0 Å². The molecule has 0 aliphatic heterocycles. The number of carbonyl (C=O) groups is 1. The van der Waals surface area contributed by atoms with Gasteiger partial charge in [-0.25, -0.2) is 4.98 Å². The van der Waals surface area contributed by atoms with Gasteiger partial charge in [-0.3, -0.25) is 10.1 Å². The van der Waals surface area contributed by atoms with E-state index >= 15 is 0 Å². The van der Waals surface area contributed by atoms with Gasteiger partial charge >= 0.3 is 0 Å². The first-order valence-electron chi connectivity index (χ1n) is 8.99. The van der Waals surface area contributed by atoms with E-state index in [1.807, 2.05) is 60.7 Å². The van der Waals surface area contributed by atoms with Gasteiger partial charge in [-0.1, -0.05) is 54.6 Å². The van der Waals surface area contributed by atoms with Crippen LogP contribution in [-0.4, -0.2) is 16.0 Å². The summed E-state index contributed by atoms with van der Waals surface area (Å²) < 4.78 is 5.96. The molecule has 0 fully saturated rings. The van der Waals surface area contributed by atoms with Gasteiger partial charge in [0.2, 0.25) is 17.7 Å². The maximum atomic E-state index is 11.7. The Morgan fingerprint density at radius 3 is 2.14 bits per heavy atom. The van der Waals surface area contributed by atoms with Crippen molar-refractivity contribution in [2.75, 3.05) is 5.32 Å².